The highest BCUT2D eigenvalue weighted by atomic mass is 35.5. The molecule has 1 heterocycles. The number of hydrogen-bond acceptors (Lipinski definition) is 3. The van der Waals surface area contributed by atoms with Crippen LogP contribution >= 0.6 is 11.6 Å². The van der Waals surface area contributed by atoms with E-state index in [9.17, 15) is 14.7 Å². The lowest BCUT2D eigenvalue weighted by molar-refractivity contribution is 0.0926. The third-order valence-corrected chi connectivity index (χ3v) is 3.95. The van der Waals surface area contributed by atoms with Gasteiger partial charge in [0.25, 0.3) is 11.8 Å². The fourth-order valence-corrected chi connectivity index (χ4v) is 2.72. The number of imide groups is 1. The summed E-state index contributed by atoms with van der Waals surface area (Å²) < 4.78 is 0. The Kier molecular flexibility index (Phi) is 2.99. The number of anilines is 1. The highest BCUT2D eigenvalue weighted by Gasteiger charge is 2.39. The van der Waals surface area contributed by atoms with Gasteiger partial charge in [0, 0.05) is 0 Å². The van der Waals surface area contributed by atoms with Gasteiger partial charge >= 0.3 is 0 Å². The van der Waals surface area contributed by atoms with Crippen molar-refractivity contribution in [2.75, 3.05) is 4.90 Å². The first-order valence-electron chi connectivity index (χ1n) is 6.39. The number of phenols is 1. The minimum atomic E-state index is -0.363. The average Bonchev–Trinajstić information content (AvgIpc) is 2.70. The van der Waals surface area contributed by atoms with E-state index in [-0.39, 0.29) is 22.6 Å². The van der Waals surface area contributed by atoms with Gasteiger partial charge in [-0.1, -0.05) is 23.7 Å². The van der Waals surface area contributed by atoms with E-state index in [2.05, 4.69) is 0 Å². The molecule has 0 unspecified atom stereocenters. The maximum absolute atomic E-state index is 12.6. The molecule has 0 spiro atoms. The Labute approximate surface area is 126 Å². The summed E-state index contributed by atoms with van der Waals surface area (Å²) in [5.41, 5.74) is 2.75. The lowest BCUT2D eigenvalue weighted by Crippen LogP contribution is -2.29. The van der Waals surface area contributed by atoms with Crippen molar-refractivity contribution in [1.29, 1.82) is 0 Å². The SMILES string of the molecule is Cc1ccc(C)c2c1C(=O)N(c1ccc(O)c(Cl)c1)C2=O. The zero-order chi connectivity index (χ0) is 15.3. The predicted octanol–water partition coefficient (Wildman–Crippen LogP) is 3.46. The molecule has 21 heavy (non-hydrogen) atoms. The van der Waals surface area contributed by atoms with Crippen molar-refractivity contribution in [3.8, 4) is 5.75 Å². The number of halogens is 1. The number of phenolic OH excluding ortho intramolecular Hbond substituents is 1. The molecular weight excluding hydrogens is 290 g/mol. The summed E-state index contributed by atoms with van der Waals surface area (Å²) in [6.07, 6.45) is 0. The van der Waals surface area contributed by atoms with Crippen molar-refractivity contribution in [3.05, 3.63) is 57.6 Å². The Balaban J connectivity index is 2.18. The van der Waals surface area contributed by atoms with E-state index in [1.54, 1.807) is 13.8 Å². The van der Waals surface area contributed by atoms with E-state index in [1.165, 1.54) is 18.2 Å². The second-order valence-corrected chi connectivity index (χ2v) is 5.44. The first-order valence-corrected chi connectivity index (χ1v) is 6.77. The van der Waals surface area contributed by atoms with E-state index in [0.717, 1.165) is 16.0 Å². The first-order chi connectivity index (χ1) is 9.91. The molecule has 0 radical (unpaired) electrons. The van der Waals surface area contributed by atoms with Crippen LogP contribution in [0.15, 0.2) is 30.3 Å². The molecule has 0 aliphatic carbocycles. The number of amides is 2. The molecule has 2 aromatic rings. The van der Waals surface area contributed by atoms with E-state index in [4.69, 9.17) is 11.6 Å². The highest BCUT2D eigenvalue weighted by Crippen LogP contribution is 2.35. The largest absolute Gasteiger partial charge is 0.506 e. The number of carbonyl (C=O) groups is 2. The minimum absolute atomic E-state index is 0.0932. The van der Waals surface area contributed by atoms with Crippen LogP contribution in [0.2, 0.25) is 5.02 Å². The van der Waals surface area contributed by atoms with Crippen LogP contribution in [0.1, 0.15) is 31.8 Å². The molecule has 0 bridgehead atoms. The molecule has 2 aromatic carbocycles. The third kappa shape index (κ3) is 1.91. The van der Waals surface area contributed by atoms with Crippen molar-refractivity contribution < 1.29 is 14.7 Å². The molecule has 1 aliphatic heterocycles. The number of fused-ring (bicyclic) bond motifs is 1. The van der Waals surface area contributed by atoms with Crippen molar-refractivity contribution >= 4 is 29.1 Å². The normalized spacial score (nSPS) is 13.8. The predicted molar refractivity (Wildman–Crippen MR) is 80.2 cm³/mol. The first kappa shape index (κ1) is 13.6. The van der Waals surface area contributed by atoms with Crippen LogP contribution in [-0.4, -0.2) is 16.9 Å². The number of aryl methyl sites for hydroxylation is 2. The summed E-state index contributed by atoms with van der Waals surface area (Å²) in [4.78, 5) is 26.2. The number of carbonyl (C=O) groups excluding carboxylic acids is 2. The molecule has 0 atom stereocenters. The summed E-state index contributed by atoms with van der Waals surface area (Å²) in [5.74, 6) is -0.819. The zero-order valence-electron chi connectivity index (χ0n) is 11.5. The number of rotatable bonds is 1. The smallest absolute Gasteiger partial charge is 0.266 e. The van der Waals surface area contributed by atoms with Crippen LogP contribution in [0.5, 0.6) is 5.75 Å². The fraction of sp³-hybridized carbons (Fsp3) is 0.125. The van der Waals surface area contributed by atoms with Gasteiger partial charge < -0.3 is 5.11 Å². The maximum Gasteiger partial charge on any atom is 0.266 e. The van der Waals surface area contributed by atoms with Gasteiger partial charge in [0.05, 0.1) is 21.8 Å². The van der Waals surface area contributed by atoms with Crippen LogP contribution in [0.4, 0.5) is 5.69 Å². The fourth-order valence-electron chi connectivity index (χ4n) is 2.55. The molecule has 3 rings (SSSR count). The maximum atomic E-state index is 12.6. The topological polar surface area (TPSA) is 57.6 Å². The lowest BCUT2D eigenvalue weighted by Gasteiger charge is -2.14. The highest BCUT2D eigenvalue weighted by molar-refractivity contribution is 6.36. The molecule has 0 fully saturated rings. The second-order valence-electron chi connectivity index (χ2n) is 5.03. The molecule has 1 N–H and O–H groups in total. The van der Waals surface area contributed by atoms with Crippen LogP contribution in [0.3, 0.4) is 0 Å². The standard InChI is InChI=1S/C16H12ClNO3/c1-8-3-4-9(2)14-13(8)15(20)18(16(14)21)10-5-6-12(19)11(17)7-10/h3-7,19H,1-2H3. The molecule has 5 heteroatoms. The molecule has 0 saturated heterocycles. The molecular formula is C16H12ClNO3. The zero-order valence-corrected chi connectivity index (χ0v) is 12.2. The molecule has 1 aliphatic rings. The molecule has 106 valence electrons. The monoisotopic (exact) mass is 301 g/mol. The van der Waals surface area contributed by atoms with Gasteiger partial charge in [-0.05, 0) is 43.2 Å². The van der Waals surface area contributed by atoms with Gasteiger partial charge in [-0.2, -0.15) is 0 Å². The summed E-state index contributed by atoms with van der Waals surface area (Å²) in [6.45, 7) is 3.60. The Morgan fingerprint density at radius 1 is 0.952 bits per heavy atom. The van der Waals surface area contributed by atoms with Crippen LogP contribution < -0.4 is 4.90 Å². The van der Waals surface area contributed by atoms with Crippen molar-refractivity contribution in [1.82, 2.24) is 0 Å². The number of aromatic hydroxyl groups is 1. The Bertz CT molecular complexity index is 757. The summed E-state index contributed by atoms with van der Waals surface area (Å²) in [5, 5.41) is 9.55. The van der Waals surface area contributed by atoms with Gasteiger partial charge in [0.2, 0.25) is 0 Å². The Morgan fingerprint density at radius 2 is 1.48 bits per heavy atom. The van der Waals surface area contributed by atoms with Gasteiger partial charge in [-0.3, -0.25) is 9.59 Å². The lowest BCUT2D eigenvalue weighted by atomic mass is 9.99. The molecule has 2 amide bonds. The third-order valence-electron chi connectivity index (χ3n) is 3.65. The van der Waals surface area contributed by atoms with Gasteiger partial charge in [-0.25, -0.2) is 4.90 Å². The van der Waals surface area contributed by atoms with E-state index >= 15 is 0 Å². The summed E-state index contributed by atoms with van der Waals surface area (Å²) in [6, 6.07) is 7.91. The van der Waals surface area contributed by atoms with Gasteiger partial charge in [-0.15, -0.1) is 0 Å². The van der Waals surface area contributed by atoms with Crippen LogP contribution in [0.25, 0.3) is 0 Å². The average molecular weight is 302 g/mol. The molecule has 4 nitrogen and oxygen atoms in total. The minimum Gasteiger partial charge on any atom is -0.506 e. The number of benzene rings is 2. The second kappa shape index (κ2) is 4.60. The van der Waals surface area contributed by atoms with E-state index in [0.29, 0.717) is 16.8 Å². The molecule has 0 saturated carbocycles. The Hall–Kier alpha value is -2.33. The van der Waals surface area contributed by atoms with Crippen LogP contribution in [-0.2, 0) is 0 Å². The number of nitrogens with zero attached hydrogens (tertiary/aromatic N) is 1. The van der Waals surface area contributed by atoms with Crippen molar-refractivity contribution in [2.45, 2.75) is 13.8 Å². The quantitative estimate of drug-likeness (QED) is 0.821. The van der Waals surface area contributed by atoms with E-state index < -0.39 is 0 Å². The van der Waals surface area contributed by atoms with E-state index in [1.807, 2.05) is 12.1 Å². The number of hydrogen-bond donors (Lipinski definition) is 1. The van der Waals surface area contributed by atoms with Gasteiger partial charge in [0.15, 0.2) is 0 Å². The van der Waals surface area contributed by atoms with Crippen molar-refractivity contribution in [2.24, 2.45) is 0 Å². The summed E-state index contributed by atoms with van der Waals surface area (Å²) in [7, 11) is 0. The van der Waals surface area contributed by atoms with Gasteiger partial charge in [0.1, 0.15) is 5.75 Å². The molecule has 0 aromatic heterocycles. The summed E-state index contributed by atoms with van der Waals surface area (Å²) >= 11 is 5.86. The van der Waals surface area contributed by atoms with Crippen LogP contribution in [0, 0.1) is 13.8 Å². The van der Waals surface area contributed by atoms with Crippen molar-refractivity contribution in [3.63, 3.8) is 0 Å². The Morgan fingerprint density at radius 3 is 1.95 bits per heavy atom.